The van der Waals surface area contributed by atoms with Gasteiger partial charge in [0, 0.05) is 30.5 Å². The fourth-order valence-corrected chi connectivity index (χ4v) is 2.94. The lowest BCUT2D eigenvalue weighted by Gasteiger charge is -2.19. The number of rotatable bonds is 4. The topological polar surface area (TPSA) is 58.1 Å². The van der Waals surface area contributed by atoms with E-state index < -0.39 is 0 Å². The lowest BCUT2D eigenvalue weighted by molar-refractivity contribution is 0.102. The largest absolute Gasteiger partial charge is 0.343 e. The Morgan fingerprint density at radius 2 is 1.74 bits per heavy atom. The maximum absolute atomic E-state index is 12.8. The molecular formula is C22H18N4O. The maximum Gasteiger partial charge on any atom is 0.257 e. The summed E-state index contributed by atoms with van der Waals surface area (Å²) in [5, 5.41) is 3.92. The monoisotopic (exact) mass is 354 g/mol. The van der Waals surface area contributed by atoms with E-state index in [4.69, 9.17) is 0 Å². The molecule has 0 unspecified atom stereocenters. The first-order valence-corrected chi connectivity index (χ1v) is 8.61. The average Bonchev–Trinajstić information content (AvgIpc) is 2.74. The minimum Gasteiger partial charge on any atom is -0.343 e. The van der Waals surface area contributed by atoms with E-state index in [0.717, 1.165) is 22.3 Å². The number of anilines is 3. The van der Waals surface area contributed by atoms with Gasteiger partial charge in [0.15, 0.2) is 0 Å². The van der Waals surface area contributed by atoms with Gasteiger partial charge in [0.1, 0.15) is 0 Å². The number of aromatic nitrogens is 2. The van der Waals surface area contributed by atoms with E-state index in [2.05, 4.69) is 15.3 Å². The molecule has 0 spiro atoms. The van der Waals surface area contributed by atoms with Gasteiger partial charge in [-0.3, -0.25) is 14.8 Å². The van der Waals surface area contributed by atoms with E-state index in [1.165, 1.54) is 0 Å². The van der Waals surface area contributed by atoms with Crippen molar-refractivity contribution in [2.75, 3.05) is 17.3 Å². The third kappa shape index (κ3) is 3.48. The van der Waals surface area contributed by atoms with Crippen molar-refractivity contribution in [3.05, 3.63) is 90.9 Å². The van der Waals surface area contributed by atoms with Crippen LogP contribution in [-0.4, -0.2) is 22.9 Å². The molecule has 27 heavy (non-hydrogen) atoms. The van der Waals surface area contributed by atoms with Crippen molar-refractivity contribution < 1.29 is 4.79 Å². The Kier molecular flexibility index (Phi) is 4.49. The second-order valence-corrected chi connectivity index (χ2v) is 6.16. The molecule has 2 heterocycles. The molecule has 132 valence electrons. The zero-order valence-corrected chi connectivity index (χ0v) is 14.8. The van der Waals surface area contributed by atoms with Crippen LogP contribution in [0.4, 0.5) is 17.1 Å². The lowest BCUT2D eigenvalue weighted by atomic mass is 10.1. The summed E-state index contributed by atoms with van der Waals surface area (Å²) < 4.78 is 0. The quantitative estimate of drug-likeness (QED) is 0.579. The number of para-hydroxylation sites is 2. The van der Waals surface area contributed by atoms with Crippen molar-refractivity contribution in [2.24, 2.45) is 0 Å². The van der Waals surface area contributed by atoms with Crippen LogP contribution in [0.15, 0.2) is 85.3 Å². The smallest absolute Gasteiger partial charge is 0.257 e. The van der Waals surface area contributed by atoms with Gasteiger partial charge < -0.3 is 10.2 Å². The molecule has 2 aromatic heterocycles. The summed E-state index contributed by atoms with van der Waals surface area (Å²) >= 11 is 0. The van der Waals surface area contributed by atoms with E-state index in [0.29, 0.717) is 11.3 Å². The lowest BCUT2D eigenvalue weighted by Crippen LogP contribution is -2.15. The van der Waals surface area contributed by atoms with Crippen LogP contribution in [0.5, 0.6) is 0 Å². The highest BCUT2D eigenvalue weighted by Gasteiger charge is 2.12. The summed E-state index contributed by atoms with van der Waals surface area (Å²) in [5.41, 5.74) is 3.79. The second-order valence-electron chi connectivity index (χ2n) is 6.16. The molecule has 4 aromatic rings. The molecule has 0 aliphatic rings. The normalized spacial score (nSPS) is 10.6. The minimum absolute atomic E-state index is 0.219. The number of carbonyl (C=O) groups is 1. The van der Waals surface area contributed by atoms with Crippen molar-refractivity contribution in [3.8, 4) is 0 Å². The first-order chi connectivity index (χ1) is 13.2. The molecule has 1 N–H and O–H groups in total. The number of nitrogens with zero attached hydrogens (tertiary/aromatic N) is 3. The first kappa shape index (κ1) is 16.7. The third-order valence-electron chi connectivity index (χ3n) is 4.40. The predicted octanol–water partition coefficient (Wildman–Crippen LogP) is 4.65. The first-order valence-electron chi connectivity index (χ1n) is 8.61. The summed E-state index contributed by atoms with van der Waals surface area (Å²) in [4.78, 5) is 23.4. The molecular weight excluding hydrogens is 336 g/mol. The van der Waals surface area contributed by atoms with Gasteiger partial charge in [0.05, 0.1) is 28.7 Å². The van der Waals surface area contributed by atoms with Crippen LogP contribution in [-0.2, 0) is 0 Å². The van der Waals surface area contributed by atoms with E-state index in [1.807, 2.05) is 78.7 Å². The van der Waals surface area contributed by atoms with Gasteiger partial charge in [0.2, 0.25) is 0 Å². The molecule has 0 saturated carbocycles. The Hall–Kier alpha value is -3.73. The van der Waals surface area contributed by atoms with Gasteiger partial charge in [-0.25, -0.2) is 0 Å². The molecule has 0 radical (unpaired) electrons. The average molecular weight is 354 g/mol. The predicted molar refractivity (Wildman–Crippen MR) is 108 cm³/mol. The molecule has 0 aliphatic heterocycles. The zero-order chi connectivity index (χ0) is 18.6. The van der Waals surface area contributed by atoms with Gasteiger partial charge in [-0.15, -0.1) is 0 Å². The van der Waals surface area contributed by atoms with Gasteiger partial charge >= 0.3 is 0 Å². The number of fused-ring (bicyclic) bond motifs is 1. The van der Waals surface area contributed by atoms with Gasteiger partial charge in [0.25, 0.3) is 5.91 Å². The molecule has 0 bridgehead atoms. The Morgan fingerprint density at radius 3 is 2.59 bits per heavy atom. The van der Waals surface area contributed by atoms with Crippen LogP contribution in [0.3, 0.4) is 0 Å². The summed E-state index contributed by atoms with van der Waals surface area (Å²) in [6.07, 6.45) is 5.02. The van der Waals surface area contributed by atoms with Crippen molar-refractivity contribution in [3.63, 3.8) is 0 Å². The summed E-state index contributed by atoms with van der Waals surface area (Å²) in [6.45, 7) is 0. The molecule has 0 atom stereocenters. The highest BCUT2D eigenvalue weighted by molar-refractivity contribution is 6.08. The van der Waals surface area contributed by atoms with Crippen LogP contribution in [0.25, 0.3) is 10.9 Å². The second kappa shape index (κ2) is 7.25. The zero-order valence-electron chi connectivity index (χ0n) is 14.8. The number of hydrogen-bond acceptors (Lipinski definition) is 4. The highest BCUT2D eigenvalue weighted by atomic mass is 16.1. The molecule has 2 aromatic carbocycles. The number of hydrogen-bond donors (Lipinski definition) is 1. The third-order valence-corrected chi connectivity index (χ3v) is 4.40. The van der Waals surface area contributed by atoms with Crippen molar-refractivity contribution in [2.45, 2.75) is 0 Å². The molecule has 5 heteroatoms. The molecule has 1 amide bonds. The summed E-state index contributed by atoms with van der Waals surface area (Å²) in [5.74, 6) is -0.219. The SMILES string of the molecule is CN(c1ccccc1)c1cncc(C(=O)Nc2cccc3cccnc23)c1. The molecule has 0 saturated heterocycles. The van der Waals surface area contributed by atoms with Crippen LogP contribution >= 0.6 is 0 Å². The molecule has 0 aliphatic carbocycles. The standard InChI is InChI=1S/C22H18N4O/c1-26(18-9-3-2-4-10-18)19-13-17(14-23-15-19)22(27)25-20-11-5-7-16-8-6-12-24-21(16)20/h2-15H,1H3,(H,25,27). The van der Waals surface area contributed by atoms with Crippen molar-refractivity contribution >= 4 is 33.9 Å². The van der Waals surface area contributed by atoms with E-state index in [1.54, 1.807) is 18.6 Å². The van der Waals surface area contributed by atoms with E-state index >= 15 is 0 Å². The number of amides is 1. The van der Waals surface area contributed by atoms with Crippen molar-refractivity contribution in [1.29, 1.82) is 0 Å². The van der Waals surface area contributed by atoms with Crippen LogP contribution in [0.1, 0.15) is 10.4 Å². The number of pyridine rings is 2. The van der Waals surface area contributed by atoms with Crippen LogP contribution in [0, 0.1) is 0 Å². The van der Waals surface area contributed by atoms with Gasteiger partial charge in [-0.1, -0.05) is 36.4 Å². The summed E-state index contributed by atoms with van der Waals surface area (Å²) in [6, 6.07) is 21.3. The number of benzene rings is 2. The van der Waals surface area contributed by atoms with Crippen molar-refractivity contribution in [1.82, 2.24) is 9.97 Å². The Bertz CT molecular complexity index is 1090. The Labute approximate surface area is 157 Å². The van der Waals surface area contributed by atoms with Crippen LogP contribution < -0.4 is 10.2 Å². The maximum atomic E-state index is 12.8. The molecule has 0 fully saturated rings. The Morgan fingerprint density at radius 1 is 0.926 bits per heavy atom. The number of nitrogens with one attached hydrogen (secondary N) is 1. The summed E-state index contributed by atoms with van der Waals surface area (Å²) in [7, 11) is 1.95. The fraction of sp³-hybridized carbons (Fsp3) is 0.0455. The molecule has 4 rings (SSSR count). The fourth-order valence-electron chi connectivity index (χ4n) is 2.94. The van der Waals surface area contributed by atoms with Gasteiger partial charge in [-0.2, -0.15) is 0 Å². The van der Waals surface area contributed by atoms with E-state index in [-0.39, 0.29) is 5.91 Å². The van der Waals surface area contributed by atoms with E-state index in [9.17, 15) is 4.79 Å². The molecule has 5 nitrogen and oxygen atoms in total. The Balaban J connectivity index is 1.61. The van der Waals surface area contributed by atoms with Gasteiger partial charge in [-0.05, 0) is 30.3 Å². The minimum atomic E-state index is -0.219. The van der Waals surface area contributed by atoms with Crippen LogP contribution in [0.2, 0.25) is 0 Å². The highest BCUT2D eigenvalue weighted by Crippen LogP contribution is 2.24. The number of carbonyl (C=O) groups excluding carboxylic acids is 1.